The van der Waals surface area contributed by atoms with Crippen LogP contribution in [-0.2, 0) is 10.0 Å². The quantitative estimate of drug-likeness (QED) is 0.507. The average molecular weight is 428 g/mol. The van der Waals surface area contributed by atoms with E-state index in [4.69, 9.17) is 4.99 Å². The lowest BCUT2D eigenvalue weighted by Crippen LogP contribution is -2.24. The first-order valence-electron chi connectivity index (χ1n) is 9.09. The fraction of sp³-hybridized carbons (Fsp3) is 0.143. The molecule has 0 aliphatic carbocycles. The second-order valence-electron chi connectivity index (χ2n) is 6.45. The van der Waals surface area contributed by atoms with Gasteiger partial charge in [-0.1, -0.05) is 18.7 Å². The van der Waals surface area contributed by atoms with E-state index in [0.29, 0.717) is 35.6 Å². The molecule has 0 unspecified atom stereocenters. The third kappa shape index (κ3) is 4.10. The Balaban J connectivity index is 1.88. The molecule has 4 rings (SSSR count). The van der Waals surface area contributed by atoms with Gasteiger partial charge in [-0.3, -0.25) is 4.98 Å². The predicted octanol–water partition coefficient (Wildman–Crippen LogP) is 4.54. The molecule has 1 aromatic heterocycles. The molecular formula is C21H18FN3O2S2. The van der Waals surface area contributed by atoms with Crippen molar-refractivity contribution in [2.75, 3.05) is 6.54 Å². The second kappa shape index (κ2) is 8.06. The minimum absolute atomic E-state index is 0.159. The zero-order valence-electron chi connectivity index (χ0n) is 15.6. The van der Waals surface area contributed by atoms with Gasteiger partial charge in [0.15, 0.2) is 0 Å². The lowest BCUT2D eigenvalue weighted by molar-refractivity contribution is 0.580. The Labute approximate surface area is 173 Å². The van der Waals surface area contributed by atoms with Crippen LogP contribution in [0.4, 0.5) is 10.1 Å². The number of fused-ring (bicyclic) bond motifs is 2. The fourth-order valence-electron chi connectivity index (χ4n) is 2.91. The molecule has 5 nitrogen and oxygen atoms in total. The van der Waals surface area contributed by atoms with E-state index in [9.17, 15) is 12.8 Å². The topological polar surface area (TPSA) is 71.4 Å². The molecule has 0 amide bonds. The van der Waals surface area contributed by atoms with Crippen molar-refractivity contribution >= 4 is 33.2 Å². The van der Waals surface area contributed by atoms with E-state index in [0.717, 1.165) is 9.79 Å². The van der Waals surface area contributed by atoms with E-state index in [1.807, 2.05) is 19.1 Å². The van der Waals surface area contributed by atoms with E-state index >= 15 is 0 Å². The van der Waals surface area contributed by atoms with Gasteiger partial charge in [0.1, 0.15) is 11.5 Å². The van der Waals surface area contributed by atoms with Crippen LogP contribution in [0.5, 0.6) is 0 Å². The van der Waals surface area contributed by atoms with Crippen molar-refractivity contribution in [3.05, 3.63) is 77.9 Å². The van der Waals surface area contributed by atoms with E-state index in [1.165, 1.54) is 23.9 Å². The van der Waals surface area contributed by atoms with Gasteiger partial charge in [0, 0.05) is 28.1 Å². The largest absolute Gasteiger partial charge is 0.253 e. The van der Waals surface area contributed by atoms with Crippen molar-refractivity contribution < 1.29 is 12.8 Å². The van der Waals surface area contributed by atoms with Gasteiger partial charge in [0.05, 0.1) is 16.3 Å². The molecule has 2 aromatic carbocycles. The number of benzene rings is 2. The highest BCUT2D eigenvalue weighted by Crippen LogP contribution is 2.41. The molecule has 0 spiro atoms. The summed E-state index contributed by atoms with van der Waals surface area (Å²) in [6.45, 7) is 2.27. The molecule has 3 aromatic rings. The summed E-state index contributed by atoms with van der Waals surface area (Å²) in [5.41, 5.74) is 2.49. The van der Waals surface area contributed by atoms with Gasteiger partial charge < -0.3 is 0 Å². The molecule has 0 fully saturated rings. The van der Waals surface area contributed by atoms with Gasteiger partial charge in [-0.15, -0.1) is 0 Å². The van der Waals surface area contributed by atoms with E-state index in [2.05, 4.69) is 9.71 Å². The van der Waals surface area contributed by atoms with Gasteiger partial charge in [0.2, 0.25) is 10.0 Å². The number of hydrogen-bond donors (Lipinski definition) is 1. The molecule has 0 bridgehead atoms. The zero-order valence-corrected chi connectivity index (χ0v) is 17.2. The number of nitrogens with zero attached hydrogens (tertiary/aromatic N) is 2. The number of pyridine rings is 1. The number of hydrogen-bond acceptors (Lipinski definition) is 5. The molecule has 0 atom stereocenters. The summed E-state index contributed by atoms with van der Waals surface area (Å²) in [6, 6.07) is 14.7. The van der Waals surface area contributed by atoms with Crippen molar-refractivity contribution in [3.8, 4) is 0 Å². The first kappa shape index (κ1) is 19.8. The number of nitrogens with one attached hydrogen (secondary N) is 1. The van der Waals surface area contributed by atoms with Crippen molar-refractivity contribution in [2.45, 2.75) is 28.0 Å². The number of sulfonamides is 1. The van der Waals surface area contributed by atoms with Crippen LogP contribution in [0, 0.1) is 5.82 Å². The maximum atomic E-state index is 13.4. The van der Waals surface area contributed by atoms with Gasteiger partial charge in [-0.25, -0.2) is 22.5 Å². The lowest BCUT2D eigenvalue weighted by Gasteiger charge is -2.08. The Morgan fingerprint density at radius 3 is 2.62 bits per heavy atom. The average Bonchev–Trinajstić information content (AvgIpc) is 2.89. The van der Waals surface area contributed by atoms with Crippen LogP contribution < -0.4 is 4.72 Å². The highest BCUT2D eigenvalue weighted by atomic mass is 32.2. The fourth-order valence-corrected chi connectivity index (χ4v) is 5.04. The first-order valence-corrected chi connectivity index (χ1v) is 11.4. The van der Waals surface area contributed by atoms with Crippen LogP contribution in [0.15, 0.2) is 80.5 Å². The number of aliphatic imine (C=N–C) groups is 1. The normalized spacial score (nSPS) is 13.2. The first-order chi connectivity index (χ1) is 14.0. The summed E-state index contributed by atoms with van der Waals surface area (Å²) in [6.07, 6.45) is 2.38. The Morgan fingerprint density at radius 1 is 1.07 bits per heavy atom. The highest BCUT2D eigenvalue weighted by molar-refractivity contribution is 7.99. The van der Waals surface area contributed by atoms with Crippen molar-refractivity contribution in [3.63, 3.8) is 0 Å². The maximum absolute atomic E-state index is 13.4. The minimum Gasteiger partial charge on any atom is -0.253 e. The van der Waals surface area contributed by atoms with E-state index in [-0.39, 0.29) is 10.7 Å². The summed E-state index contributed by atoms with van der Waals surface area (Å²) < 4.78 is 41.1. The Morgan fingerprint density at radius 2 is 1.86 bits per heavy atom. The summed E-state index contributed by atoms with van der Waals surface area (Å²) in [5, 5.41) is 0. The molecule has 1 N–H and O–H groups in total. The van der Waals surface area contributed by atoms with Crippen molar-refractivity contribution in [2.24, 2.45) is 4.99 Å². The third-order valence-corrected chi connectivity index (χ3v) is 6.92. The highest BCUT2D eigenvalue weighted by Gasteiger charge is 2.22. The number of rotatable bonds is 5. The van der Waals surface area contributed by atoms with Crippen LogP contribution in [0.3, 0.4) is 0 Å². The van der Waals surface area contributed by atoms with Gasteiger partial charge >= 0.3 is 0 Å². The van der Waals surface area contributed by atoms with E-state index in [1.54, 1.807) is 36.5 Å². The summed E-state index contributed by atoms with van der Waals surface area (Å²) >= 11 is 1.48. The van der Waals surface area contributed by atoms with Gasteiger partial charge in [0.25, 0.3) is 0 Å². The standard InChI is InChI=1S/C21H18FN3O2S2/c1-2-11-24-29(26,27)16-9-10-18-17(13-16)25-20(14-5-7-15(22)8-6-14)21-19(28-18)4-3-12-23-21/h3-10,12-13,24H,2,11H2,1H3. The molecule has 0 saturated carbocycles. The molecule has 148 valence electrons. The molecule has 1 aliphatic heterocycles. The predicted molar refractivity (Wildman–Crippen MR) is 112 cm³/mol. The molecule has 29 heavy (non-hydrogen) atoms. The molecule has 1 aliphatic rings. The van der Waals surface area contributed by atoms with Crippen LogP contribution in [0.25, 0.3) is 0 Å². The Kier molecular flexibility index (Phi) is 5.49. The molecule has 0 radical (unpaired) electrons. The maximum Gasteiger partial charge on any atom is 0.240 e. The third-order valence-electron chi connectivity index (χ3n) is 4.35. The Bertz CT molecular complexity index is 1190. The van der Waals surface area contributed by atoms with Crippen LogP contribution in [0.1, 0.15) is 24.6 Å². The SMILES string of the molecule is CCCNS(=O)(=O)c1ccc2c(c1)N=C(c1ccc(F)cc1)c1ncccc1S2. The van der Waals surface area contributed by atoms with E-state index < -0.39 is 10.0 Å². The second-order valence-corrected chi connectivity index (χ2v) is 9.30. The molecule has 0 saturated heterocycles. The van der Waals surface area contributed by atoms with Crippen LogP contribution in [0.2, 0.25) is 0 Å². The van der Waals surface area contributed by atoms with Crippen molar-refractivity contribution in [1.29, 1.82) is 0 Å². The van der Waals surface area contributed by atoms with Crippen LogP contribution in [-0.4, -0.2) is 25.7 Å². The summed E-state index contributed by atoms with van der Waals surface area (Å²) in [5.74, 6) is -0.339. The van der Waals surface area contributed by atoms with Crippen molar-refractivity contribution in [1.82, 2.24) is 9.71 Å². The molecule has 8 heteroatoms. The summed E-state index contributed by atoms with van der Waals surface area (Å²) in [4.78, 5) is 11.1. The number of aromatic nitrogens is 1. The van der Waals surface area contributed by atoms with Gasteiger partial charge in [-0.05, 0) is 61.0 Å². The molecular weight excluding hydrogens is 409 g/mol. The Hall–Kier alpha value is -2.55. The monoisotopic (exact) mass is 427 g/mol. The lowest BCUT2D eigenvalue weighted by atomic mass is 10.1. The molecule has 2 heterocycles. The minimum atomic E-state index is -3.62. The number of halogens is 1. The summed E-state index contributed by atoms with van der Waals surface area (Å²) in [7, 11) is -3.62. The zero-order chi connectivity index (χ0) is 20.4. The van der Waals surface area contributed by atoms with Crippen LogP contribution >= 0.6 is 11.8 Å². The van der Waals surface area contributed by atoms with Gasteiger partial charge in [-0.2, -0.15) is 0 Å². The smallest absolute Gasteiger partial charge is 0.240 e.